The van der Waals surface area contributed by atoms with Crippen LogP contribution in [0.5, 0.6) is 5.88 Å². The van der Waals surface area contributed by atoms with Gasteiger partial charge in [0.1, 0.15) is 17.1 Å². The van der Waals surface area contributed by atoms with Crippen molar-refractivity contribution in [3.63, 3.8) is 0 Å². The highest BCUT2D eigenvalue weighted by molar-refractivity contribution is 6.30. The molecule has 0 bridgehead atoms. The first kappa shape index (κ1) is 10.7. The van der Waals surface area contributed by atoms with Crippen LogP contribution in [0.25, 0.3) is 0 Å². The molecule has 0 radical (unpaired) electrons. The average molecular weight is 227 g/mol. The molecule has 0 unspecified atom stereocenters. The topological polar surface area (TPSA) is 35.0 Å². The van der Waals surface area contributed by atoms with E-state index in [2.05, 4.69) is 9.97 Å². The molecule has 0 atom stereocenters. The van der Waals surface area contributed by atoms with Crippen molar-refractivity contribution in [2.24, 2.45) is 0 Å². The fourth-order valence-corrected chi connectivity index (χ4v) is 2.05. The number of nitrogens with zero attached hydrogens (tertiary/aromatic N) is 2. The maximum absolute atomic E-state index is 5.97. The standard InChI is InChI=1S/C11H15ClN2O/c1-7-10(12)13-8(2)14-11(7)15-9-5-3-4-6-9/h9H,3-6H2,1-2H3. The Morgan fingerprint density at radius 1 is 1.20 bits per heavy atom. The molecule has 0 N–H and O–H groups in total. The molecule has 0 aliphatic heterocycles. The molecule has 0 aromatic carbocycles. The number of rotatable bonds is 2. The maximum Gasteiger partial charge on any atom is 0.221 e. The molecule has 1 aliphatic carbocycles. The molecule has 1 aromatic rings. The van der Waals surface area contributed by atoms with Crippen molar-refractivity contribution < 1.29 is 4.74 Å². The van der Waals surface area contributed by atoms with Crippen LogP contribution in [0.3, 0.4) is 0 Å². The Bertz CT molecular complexity index is 362. The Hall–Kier alpha value is -0.830. The zero-order valence-electron chi connectivity index (χ0n) is 9.09. The molecule has 1 aliphatic rings. The van der Waals surface area contributed by atoms with E-state index in [1.165, 1.54) is 12.8 Å². The number of hydrogen-bond donors (Lipinski definition) is 0. The maximum atomic E-state index is 5.97. The van der Waals surface area contributed by atoms with Crippen LogP contribution in [0.2, 0.25) is 5.15 Å². The van der Waals surface area contributed by atoms with E-state index in [-0.39, 0.29) is 0 Å². The molecule has 1 heterocycles. The smallest absolute Gasteiger partial charge is 0.221 e. The number of halogens is 1. The van der Waals surface area contributed by atoms with Crippen molar-refractivity contribution in [2.45, 2.75) is 45.6 Å². The van der Waals surface area contributed by atoms with E-state index < -0.39 is 0 Å². The molecule has 1 fully saturated rings. The van der Waals surface area contributed by atoms with E-state index in [9.17, 15) is 0 Å². The minimum absolute atomic E-state index is 0.314. The third-order valence-corrected chi connectivity index (χ3v) is 3.10. The van der Waals surface area contributed by atoms with Gasteiger partial charge in [0, 0.05) is 5.56 Å². The van der Waals surface area contributed by atoms with Crippen molar-refractivity contribution in [2.75, 3.05) is 0 Å². The van der Waals surface area contributed by atoms with Crippen LogP contribution in [0.4, 0.5) is 0 Å². The van der Waals surface area contributed by atoms with Crippen LogP contribution in [-0.2, 0) is 0 Å². The van der Waals surface area contributed by atoms with Crippen LogP contribution in [0, 0.1) is 13.8 Å². The summed E-state index contributed by atoms with van der Waals surface area (Å²) in [6, 6.07) is 0. The molecule has 1 aromatic heterocycles. The van der Waals surface area contributed by atoms with Crippen LogP contribution < -0.4 is 4.74 Å². The summed E-state index contributed by atoms with van der Waals surface area (Å²) in [6.07, 6.45) is 5.07. The summed E-state index contributed by atoms with van der Waals surface area (Å²) < 4.78 is 5.83. The second-order valence-electron chi connectivity index (χ2n) is 4.02. The van der Waals surface area contributed by atoms with Crippen LogP contribution in [0.15, 0.2) is 0 Å². The van der Waals surface area contributed by atoms with Gasteiger partial charge in [-0.2, -0.15) is 4.98 Å². The Morgan fingerprint density at radius 2 is 1.87 bits per heavy atom. The summed E-state index contributed by atoms with van der Waals surface area (Å²) in [5, 5.41) is 0.496. The summed E-state index contributed by atoms with van der Waals surface area (Å²) in [5.74, 6) is 1.32. The zero-order chi connectivity index (χ0) is 10.8. The first-order valence-corrected chi connectivity index (χ1v) is 5.72. The van der Waals surface area contributed by atoms with E-state index in [1.54, 1.807) is 0 Å². The number of ether oxygens (including phenoxy) is 1. The minimum atomic E-state index is 0.314. The van der Waals surface area contributed by atoms with Gasteiger partial charge in [-0.15, -0.1) is 0 Å². The first-order chi connectivity index (χ1) is 7.16. The van der Waals surface area contributed by atoms with Gasteiger partial charge in [-0.05, 0) is 39.5 Å². The van der Waals surface area contributed by atoms with E-state index in [4.69, 9.17) is 16.3 Å². The fraction of sp³-hybridized carbons (Fsp3) is 0.636. The van der Waals surface area contributed by atoms with E-state index in [0.717, 1.165) is 18.4 Å². The van der Waals surface area contributed by atoms with E-state index in [0.29, 0.717) is 23.0 Å². The van der Waals surface area contributed by atoms with Gasteiger partial charge in [0.2, 0.25) is 5.88 Å². The van der Waals surface area contributed by atoms with Crippen LogP contribution in [0.1, 0.15) is 37.1 Å². The first-order valence-electron chi connectivity index (χ1n) is 5.34. The molecule has 15 heavy (non-hydrogen) atoms. The lowest BCUT2D eigenvalue weighted by atomic mass is 10.3. The summed E-state index contributed by atoms with van der Waals surface area (Å²) in [7, 11) is 0. The molecule has 3 nitrogen and oxygen atoms in total. The molecule has 2 rings (SSSR count). The third kappa shape index (κ3) is 2.40. The predicted octanol–water partition coefficient (Wildman–Crippen LogP) is 3.07. The van der Waals surface area contributed by atoms with Gasteiger partial charge >= 0.3 is 0 Å². The Labute approximate surface area is 94.8 Å². The predicted molar refractivity (Wildman–Crippen MR) is 59.4 cm³/mol. The van der Waals surface area contributed by atoms with Crippen molar-refractivity contribution in [1.82, 2.24) is 9.97 Å². The second kappa shape index (κ2) is 4.35. The van der Waals surface area contributed by atoms with Crippen molar-refractivity contribution >= 4 is 11.6 Å². The largest absolute Gasteiger partial charge is 0.474 e. The highest BCUT2D eigenvalue weighted by Crippen LogP contribution is 2.27. The lowest BCUT2D eigenvalue weighted by Crippen LogP contribution is -2.13. The zero-order valence-corrected chi connectivity index (χ0v) is 9.84. The molecule has 1 saturated carbocycles. The minimum Gasteiger partial charge on any atom is -0.474 e. The molecule has 4 heteroatoms. The SMILES string of the molecule is Cc1nc(Cl)c(C)c(OC2CCCC2)n1. The van der Waals surface area contributed by atoms with E-state index in [1.807, 2.05) is 13.8 Å². The highest BCUT2D eigenvalue weighted by atomic mass is 35.5. The van der Waals surface area contributed by atoms with Crippen molar-refractivity contribution in [3.05, 3.63) is 16.5 Å². The lowest BCUT2D eigenvalue weighted by Gasteiger charge is -2.14. The van der Waals surface area contributed by atoms with Gasteiger partial charge in [0.05, 0.1) is 0 Å². The molecular formula is C11H15ClN2O. The van der Waals surface area contributed by atoms with Crippen LogP contribution in [-0.4, -0.2) is 16.1 Å². The number of aromatic nitrogens is 2. The fourth-order valence-electron chi connectivity index (χ4n) is 1.85. The summed E-state index contributed by atoms with van der Waals surface area (Å²) in [5.41, 5.74) is 0.842. The van der Waals surface area contributed by atoms with Gasteiger partial charge in [0.25, 0.3) is 0 Å². The van der Waals surface area contributed by atoms with Crippen LogP contribution >= 0.6 is 11.6 Å². The van der Waals surface area contributed by atoms with Gasteiger partial charge in [-0.3, -0.25) is 0 Å². The third-order valence-electron chi connectivity index (χ3n) is 2.73. The molecule has 82 valence electrons. The average Bonchev–Trinajstić information content (AvgIpc) is 2.66. The Morgan fingerprint density at radius 3 is 2.53 bits per heavy atom. The molecule has 0 amide bonds. The normalized spacial score (nSPS) is 17.0. The van der Waals surface area contributed by atoms with Crippen molar-refractivity contribution in [1.29, 1.82) is 0 Å². The monoisotopic (exact) mass is 226 g/mol. The van der Waals surface area contributed by atoms with Gasteiger partial charge in [0.15, 0.2) is 0 Å². The summed E-state index contributed by atoms with van der Waals surface area (Å²) in [4.78, 5) is 8.36. The number of hydrogen-bond acceptors (Lipinski definition) is 3. The van der Waals surface area contributed by atoms with E-state index >= 15 is 0 Å². The number of aryl methyl sites for hydroxylation is 1. The quantitative estimate of drug-likeness (QED) is 0.727. The van der Waals surface area contributed by atoms with Gasteiger partial charge in [-0.1, -0.05) is 11.6 Å². The molecular weight excluding hydrogens is 212 g/mol. The molecule has 0 spiro atoms. The lowest BCUT2D eigenvalue weighted by molar-refractivity contribution is 0.199. The molecule has 0 saturated heterocycles. The van der Waals surface area contributed by atoms with Crippen molar-refractivity contribution in [3.8, 4) is 5.88 Å². The Balaban J connectivity index is 2.19. The summed E-state index contributed by atoms with van der Waals surface area (Å²) >= 11 is 5.97. The second-order valence-corrected chi connectivity index (χ2v) is 4.37. The van der Waals surface area contributed by atoms with Gasteiger partial charge in [-0.25, -0.2) is 4.98 Å². The van der Waals surface area contributed by atoms with Gasteiger partial charge < -0.3 is 4.74 Å². The highest BCUT2D eigenvalue weighted by Gasteiger charge is 2.19. The Kier molecular flexibility index (Phi) is 3.10. The summed E-state index contributed by atoms with van der Waals surface area (Å²) in [6.45, 7) is 3.72.